The number of hydrogen-bond donors (Lipinski definition) is 1. The summed E-state index contributed by atoms with van der Waals surface area (Å²) in [5.74, 6) is 0.837. The summed E-state index contributed by atoms with van der Waals surface area (Å²) in [4.78, 5) is 25.8. The normalized spacial score (nSPS) is 15.9. The summed E-state index contributed by atoms with van der Waals surface area (Å²) in [6, 6.07) is 5.28. The van der Waals surface area contributed by atoms with Gasteiger partial charge < -0.3 is 10.1 Å². The van der Waals surface area contributed by atoms with Crippen molar-refractivity contribution >= 4 is 27.5 Å². The number of rotatable bonds is 3. The summed E-state index contributed by atoms with van der Waals surface area (Å²) in [5, 5.41) is 3.45. The zero-order chi connectivity index (χ0) is 18.2. The van der Waals surface area contributed by atoms with Crippen molar-refractivity contribution in [3.05, 3.63) is 38.9 Å². The van der Waals surface area contributed by atoms with E-state index < -0.39 is 6.09 Å². The molecule has 0 saturated carbocycles. The molecule has 0 radical (unpaired) electrons. The quantitative estimate of drug-likeness (QED) is 0.876. The first-order valence-corrected chi connectivity index (χ1v) is 9.61. The minimum absolute atomic E-state index is 0.134. The molecule has 0 spiro atoms. The third-order valence-corrected chi connectivity index (χ3v) is 5.79. The highest BCUT2D eigenvalue weighted by Crippen LogP contribution is 2.37. The van der Waals surface area contributed by atoms with Crippen molar-refractivity contribution in [2.75, 3.05) is 6.54 Å². The van der Waals surface area contributed by atoms with Crippen LogP contribution in [0.25, 0.3) is 10.1 Å². The number of carbonyl (C=O) groups is 1. The van der Waals surface area contributed by atoms with Gasteiger partial charge in [0, 0.05) is 27.1 Å². The lowest BCUT2D eigenvalue weighted by Gasteiger charge is -2.30. The molecular formula is C20H25NO3S. The van der Waals surface area contributed by atoms with E-state index in [4.69, 9.17) is 4.74 Å². The summed E-state index contributed by atoms with van der Waals surface area (Å²) in [5.41, 5.74) is 1.34. The van der Waals surface area contributed by atoms with Crippen molar-refractivity contribution in [2.45, 2.75) is 47.0 Å². The Morgan fingerprint density at radius 3 is 2.84 bits per heavy atom. The van der Waals surface area contributed by atoms with Gasteiger partial charge in [-0.2, -0.15) is 0 Å². The van der Waals surface area contributed by atoms with Gasteiger partial charge >= 0.3 is 6.09 Å². The SMILES string of the molecule is CC(C)CNC(=O)Oc1ccc2c(=O)c3c(sc2c1)CC(C)(C)CC3. The second kappa shape index (κ2) is 6.79. The Balaban J connectivity index is 1.90. The average Bonchev–Trinajstić information content (AvgIpc) is 2.51. The molecule has 3 rings (SSSR count). The fraction of sp³-hybridized carbons (Fsp3) is 0.500. The van der Waals surface area contributed by atoms with Crippen molar-refractivity contribution in [1.82, 2.24) is 5.32 Å². The molecule has 5 heteroatoms. The van der Waals surface area contributed by atoms with Crippen molar-refractivity contribution in [3.63, 3.8) is 0 Å². The second-order valence-electron chi connectivity index (χ2n) is 8.00. The summed E-state index contributed by atoms with van der Waals surface area (Å²) < 4.78 is 6.24. The standard InChI is InChI=1S/C20H25NO3S/c1-12(2)11-21-19(23)24-13-5-6-14-16(9-13)25-17-10-20(3,4)8-7-15(17)18(14)22/h5-6,9,12H,7-8,10-11H2,1-4H3,(H,21,23). The van der Waals surface area contributed by atoms with Crippen LogP contribution in [0, 0.1) is 11.3 Å². The Morgan fingerprint density at radius 1 is 1.36 bits per heavy atom. The lowest BCUT2D eigenvalue weighted by molar-refractivity contribution is 0.199. The number of fused-ring (bicyclic) bond motifs is 2. The monoisotopic (exact) mass is 359 g/mol. The molecule has 0 unspecified atom stereocenters. The summed E-state index contributed by atoms with van der Waals surface area (Å²) in [6.07, 6.45) is 2.37. The van der Waals surface area contributed by atoms with Gasteiger partial charge in [-0.05, 0) is 48.8 Å². The van der Waals surface area contributed by atoms with Crippen LogP contribution in [0.5, 0.6) is 5.75 Å². The molecule has 0 atom stereocenters. The number of nitrogens with one attached hydrogen (secondary N) is 1. The minimum Gasteiger partial charge on any atom is -0.410 e. The Morgan fingerprint density at radius 2 is 2.12 bits per heavy atom. The van der Waals surface area contributed by atoms with Crippen molar-refractivity contribution < 1.29 is 9.53 Å². The van der Waals surface area contributed by atoms with Crippen LogP contribution in [0.15, 0.2) is 23.0 Å². The lowest BCUT2D eigenvalue weighted by Crippen LogP contribution is -2.30. The maximum atomic E-state index is 12.8. The summed E-state index contributed by atoms with van der Waals surface area (Å²) >= 11 is 1.65. The molecule has 1 aromatic heterocycles. The van der Waals surface area contributed by atoms with Crippen LogP contribution in [-0.2, 0) is 12.8 Å². The molecule has 0 fully saturated rings. The molecule has 1 aromatic carbocycles. The smallest absolute Gasteiger partial charge is 0.410 e. The molecular weight excluding hydrogens is 334 g/mol. The van der Waals surface area contributed by atoms with Crippen LogP contribution in [0.4, 0.5) is 4.79 Å². The highest BCUT2D eigenvalue weighted by Gasteiger charge is 2.28. The third-order valence-electron chi connectivity index (χ3n) is 4.60. The first kappa shape index (κ1) is 17.9. The van der Waals surface area contributed by atoms with E-state index in [1.54, 1.807) is 29.5 Å². The van der Waals surface area contributed by atoms with Crippen molar-refractivity contribution in [3.8, 4) is 5.75 Å². The highest BCUT2D eigenvalue weighted by atomic mass is 32.1. The van der Waals surface area contributed by atoms with E-state index in [0.29, 0.717) is 18.2 Å². The fourth-order valence-corrected chi connectivity index (χ4v) is 4.63. The first-order valence-electron chi connectivity index (χ1n) is 8.79. The molecule has 2 aromatic rings. The predicted molar refractivity (Wildman–Crippen MR) is 103 cm³/mol. The van der Waals surface area contributed by atoms with Gasteiger partial charge in [0.05, 0.1) is 0 Å². The molecule has 134 valence electrons. The van der Waals surface area contributed by atoms with Gasteiger partial charge in [-0.25, -0.2) is 4.79 Å². The molecule has 0 bridgehead atoms. The number of ether oxygens (including phenoxy) is 1. The van der Waals surface area contributed by atoms with Crippen LogP contribution in [0.3, 0.4) is 0 Å². The van der Waals surface area contributed by atoms with Gasteiger partial charge in [-0.1, -0.05) is 27.7 Å². The molecule has 1 amide bonds. The Kier molecular flexibility index (Phi) is 4.87. The highest BCUT2D eigenvalue weighted by molar-refractivity contribution is 7.18. The van der Waals surface area contributed by atoms with E-state index >= 15 is 0 Å². The molecule has 0 saturated heterocycles. The molecule has 4 nitrogen and oxygen atoms in total. The number of benzene rings is 1. The second-order valence-corrected chi connectivity index (χ2v) is 9.13. The summed E-state index contributed by atoms with van der Waals surface area (Å²) in [7, 11) is 0. The van der Waals surface area contributed by atoms with Crippen LogP contribution < -0.4 is 15.5 Å². The van der Waals surface area contributed by atoms with Gasteiger partial charge in [0.25, 0.3) is 0 Å². The van der Waals surface area contributed by atoms with Crippen LogP contribution in [0.2, 0.25) is 0 Å². The zero-order valence-electron chi connectivity index (χ0n) is 15.3. The van der Waals surface area contributed by atoms with Gasteiger partial charge in [-0.3, -0.25) is 4.79 Å². The van der Waals surface area contributed by atoms with Crippen LogP contribution in [-0.4, -0.2) is 12.6 Å². The maximum absolute atomic E-state index is 12.8. The number of hydrogen-bond acceptors (Lipinski definition) is 4. The molecule has 1 aliphatic rings. The lowest BCUT2D eigenvalue weighted by atomic mass is 9.77. The van der Waals surface area contributed by atoms with E-state index in [2.05, 4.69) is 19.2 Å². The minimum atomic E-state index is -0.459. The Labute approximate surface area is 152 Å². The van der Waals surface area contributed by atoms with Crippen molar-refractivity contribution in [1.29, 1.82) is 0 Å². The van der Waals surface area contributed by atoms with E-state index in [1.807, 2.05) is 13.8 Å². The van der Waals surface area contributed by atoms with Gasteiger partial charge in [-0.15, -0.1) is 11.3 Å². The first-order chi connectivity index (χ1) is 11.7. The third kappa shape index (κ3) is 4.03. The molecule has 25 heavy (non-hydrogen) atoms. The Bertz CT molecular complexity index is 867. The van der Waals surface area contributed by atoms with Crippen LogP contribution in [0.1, 0.15) is 44.6 Å². The maximum Gasteiger partial charge on any atom is 0.412 e. The summed E-state index contributed by atoms with van der Waals surface area (Å²) in [6.45, 7) is 9.12. The molecule has 1 aliphatic carbocycles. The van der Waals surface area contributed by atoms with Gasteiger partial charge in [0.1, 0.15) is 5.75 Å². The van der Waals surface area contributed by atoms with E-state index in [0.717, 1.165) is 34.9 Å². The van der Waals surface area contributed by atoms with E-state index in [-0.39, 0.29) is 10.8 Å². The largest absolute Gasteiger partial charge is 0.412 e. The van der Waals surface area contributed by atoms with Crippen LogP contribution >= 0.6 is 11.3 Å². The van der Waals surface area contributed by atoms with E-state index in [1.165, 1.54) is 4.88 Å². The fourth-order valence-electron chi connectivity index (χ4n) is 3.13. The van der Waals surface area contributed by atoms with E-state index in [9.17, 15) is 9.59 Å². The predicted octanol–water partition coefficient (Wildman–Crippen LogP) is 4.52. The molecule has 0 aliphatic heterocycles. The van der Waals surface area contributed by atoms with Gasteiger partial charge in [0.2, 0.25) is 0 Å². The number of amides is 1. The van der Waals surface area contributed by atoms with Gasteiger partial charge in [0.15, 0.2) is 5.43 Å². The average molecular weight is 359 g/mol. The number of carbonyl (C=O) groups excluding carboxylic acids is 1. The zero-order valence-corrected chi connectivity index (χ0v) is 16.1. The molecule has 1 heterocycles. The Hall–Kier alpha value is -1.88. The van der Waals surface area contributed by atoms with Crippen molar-refractivity contribution in [2.24, 2.45) is 11.3 Å². The topological polar surface area (TPSA) is 55.4 Å². The molecule has 1 N–H and O–H groups in total.